The number of carbonyl (C=O) groups excluding carboxylic acids is 1. The Kier molecular flexibility index (Phi) is 4.04. The van der Waals surface area contributed by atoms with Crippen LogP contribution in [0.3, 0.4) is 0 Å². The predicted octanol–water partition coefficient (Wildman–Crippen LogP) is 2.13. The van der Waals surface area contributed by atoms with E-state index in [2.05, 4.69) is 5.32 Å². The summed E-state index contributed by atoms with van der Waals surface area (Å²) >= 11 is 0. The van der Waals surface area contributed by atoms with Crippen LogP contribution in [0, 0.1) is 10.1 Å². The van der Waals surface area contributed by atoms with Crippen molar-refractivity contribution in [3.63, 3.8) is 0 Å². The average Bonchev–Trinajstić information content (AvgIpc) is 2.92. The first kappa shape index (κ1) is 14.5. The maximum absolute atomic E-state index is 12.1. The summed E-state index contributed by atoms with van der Waals surface area (Å²) in [7, 11) is 0. The molecule has 1 heterocycles. The summed E-state index contributed by atoms with van der Waals surface area (Å²) in [4.78, 5) is 22.3. The lowest BCUT2D eigenvalue weighted by Crippen LogP contribution is -2.45. The SMILES string of the molecule is CC(C)(NC(=O)[C@H]1CCCO1)c1ccc([N+](=O)[O-])cc1. The molecule has 1 aromatic carbocycles. The Morgan fingerprint density at radius 2 is 2.05 bits per heavy atom. The standard InChI is InChI=1S/C14H18N2O4/c1-14(2,15-13(17)12-4-3-9-20-12)10-5-7-11(8-6-10)16(18)19/h5-8,12H,3-4,9H2,1-2H3,(H,15,17)/t12-/m1/s1. The van der Waals surface area contributed by atoms with Gasteiger partial charge in [-0.2, -0.15) is 0 Å². The summed E-state index contributed by atoms with van der Waals surface area (Å²) in [6.45, 7) is 4.35. The second-order valence-corrected chi connectivity index (χ2v) is 5.42. The van der Waals surface area contributed by atoms with E-state index in [1.54, 1.807) is 12.1 Å². The van der Waals surface area contributed by atoms with Gasteiger partial charge in [0.05, 0.1) is 10.5 Å². The van der Waals surface area contributed by atoms with Crippen LogP contribution in [0.15, 0.2) is 24.3 Å². The molecule has 1 aliphatic heterocycles. The minimum Gasteiger partial charge on any atom is -0.368 e. The van der Waals surface area contributed by atoms with Crippen molar-refractivity contribution >= 4 is 11.6 Å². The normalized spacial score (nSPS) is 18.8. The minimum absolute atomic E-state index is 0.0370. The Balaban J connectivity index is 2.08. The van der Waals surface area contributed by atoms with E-state index >= 15 is 0 Å². The number of amides is 1. The van der Waals surface area contributed by atoms with E-state index in [0.717, 1.165) is 18.4 Å². The molecule has 1 atom stereocenters. The number of hydrogen-bond donors (Lipinski definition) is 1. The molecule has 1 aliphatic rings. The lowest BCUT2D eigenvalue weighted by molar-refractivity contribution is -0.384. The van der Waals surface area contributed by atoms with Crippen molar-refractivity contribution in [3.05, 3.63) is 39.9 Å². The lowest BCUT2D eigenvalue weighted by atomic mass is 9.93. The molecule has 1 saturated heterocycles. The first-order chi connectivity index (χ1) is 9.40. The van der Waals surface area contributed by atoms with Gasteiger partial charge < -0.3 is 10.1 Å². The smallest absolute Gasteiger partial charge is 0.269 e. The van der Waals surface area contributed by atoms with Crippen molar-refractivity contribution in [3.8, 4) is 0 Å². The molecular weight excluding hydrogens is 260 g/mol. The molecule has 108 valence electrons. The van der Waals surface area contributed by atoms with Gasteiger partial charge in [0, 0.05) is 18.7 Å². The molecule has 1 fully saturated rings. The fraction of sp³-hybridized carbons (Fsp3) is 0.500. The monoisotopic (exact) mass is 278 g/mol. The van der Waals surface area contributed by atoms with Crippen LogP contribution in [0.5, 0.6) is 0 Å². The molecule has 0 saturated carbocycles. The number of rotatable bonds is 4. The minimum atomic E-state index is -0.599. The third kappa shape index (κ3) is 3.14. The summed E-state index contributed by atoms with van der Waals surface area (Å²) < 4.78 is 5.35. The first-order valence-corrected chi connectivity index (χ1v) is 6.59. The Morgan fingerprint density at radius 3 is 2.55 bits per heavy atom. The third-order valence-corrected chi connectivity index (χ3v) is 3.46. The van der Waals surface area contributed by atoms with Gasteiger partial charge in [0.1, 0.15) is 6.10 Å². The number of hydrogen-bond acceptors (Lipinski definition) is 4. The predicted molar refractivity (Wildman–Crippen MR) is 73.2 cm³/mol. The van der Waals surface area contributed by atoms with Gasteiger partial charge in [-0.1, -0.05) is 0 Å². The van der Waals surface area contributed by atoms with E-state index in [0.29, 0.717) is 6.61 Å². The van der Waals surface area contributed by atoms with Gasteiger partial charge in [-0.3, -0.25) is 14.9 Å². The summed E-state index contributed by atoms with van der Waals surface area (Å²) in [5, 5.41) is 13.6. The number of nitrogens with one attached hydrogen (secondary N) is 1. The number of benzene rings is 1. The highest BCUT2D eigenvalue weighted by atomic mass is 16.6. The van der Waals surface area contributed by atoms with Crippen LogP contribution in [0.1, 0.15) is 32.3 Å². The number of nitrogens with zero attached hydrogens (tertiary/aromatic N) is 1. The Bertz CT molecular complexity index is 504. The van der Waals surface area contributed by atoms with Gasteiger partial charge >= 0.3 is 0 Å². The third-order valence-electron chi connectivity index (χ3n) is 3.46. The van der Waals surface area contributed by atoms with Gasteiger partial charge in [0.2, 0.25) is 5.91 Å². The van der Waals surface area contributed by atoms with Crippen molar-refractivity contribution in [2.24, 2.45) is 0 Å². The maximum atomic E-state index is 12.1. The number of carbonyl (C=O) groups is 1. The van der Waals surface area contributed by atoms with Crippen LogP contribution in [-0.4, -0.2) is 23.5 Å². The lowest BCUT2D eigenvalue weighted by Gasteiger charge is -2.28. The van der Waals surface area contributed by atoms with Crippen molar-refractivity contribution in [2.45, 2.75) is 38.3 Å². The molecule has 6 heteroatoms. The number of non-ortho nitro benzene ring substituents is 1. The fourth-order valence-electron chi connectivity index (χ4n) is 2.24. The van der Waals surface area contributed by atoms with Crippen molar-refractivity contribution in [2.75, 3.05) is 6.61 Å². The molecular formula is C14H18N2O4. The molecule has 0 aromatic heterocycles. The molecule has 0 unspecified atom stereocenters. The number of nitro groups is 1. The molecule has 0 aliphatic carbocycles. The largest absolute Gasteiger partial charge is 0.368 e. The van der Waals surface area contributed by atoms with Gasteiger partial charge in [0.25, 0.3) is 5.69 Å². The quantitative estimate of drug-likeness (QED) is 0.675. The molecule has 0 radical (unpaired) electrons. The molecule has 1 N–H and O–H groups in total. The first-order valence-electron chi connectivity index (χ1n) is 6.59. The molecule has 0 spiro atoms. The van der Waals surface area contributed by atoms with Crippen molar-refractivity contribution in [1.82, 2.24) is 5.32 Å². The zero-order valence-electron chi connectivity index (χ0n) is 11.6. The highest BCUT2D eigenvalue weighted by Crippen LogP contribution is 2.24. The van der Waals surface area contributed by atoms with Crippen LogP contribution < -0.4 is 5.32 Å². The highest BCUT2D eigenvalue weighted by Gasteiger charge is 2.30. The van der Waals surface area contributed by atoms with E-state index in [9.17, 15) is 14.9 Å². The van der Waals surface area contributed by atoms with Crippen LogP contribution in [0.2, 0.25) is 0 Å². The van der Waals surface area contributed by atoms with Gasteiger partial charge in [0.15, 0.2) is 0 Å². The molecule has 1 amide bonds. The fourth-order valence-corrected chi connectivity index (χ4v) is 2.24. The average molecular weight is 278 g/mol. The highest BCUT2D eigenvalue weighted by molar-refractivity contribution is 5.81. The summed E-state index contributed by atoms with van der Waals surface area (Å²) in [5.41, 5.74) is 0.252. The van der Waals surface area contributed by atoms with E-state index in [-0.39, 0.29) is 17.7 Å². The van der Waals surface area contributed by atoms with Gasteiger partial charge in [-0.15, -0.1) is 0 Å². The Hall–Kier alpha value is -1.95. The molecule has 6 nitrogen and oxygen atoms in total. The van der Waals surface area contributed by atoms with Crippen LogP contribution in [0.4, 0.5) is 5.69 Å². The zero-order chi connectivity index (χ0) is 14.8. The van der Waals surface area contributed by atoms with E-state index in [4.69, 9.17) is 4.74 Å². The number of ether oxygens (including phenoxy) is 1. The Labute approximate surface area is 117 Å². The van der Waals surface area contributed by atoms with Crippen molar-refractivity contribution < 1.29 is 14.5 Å². The molecule has 2 rings (SSSR count). The second kappa shape index (κ2) is 5.58. The van der Waals surface area contributed by atoms with E-state index in [1.807, 2.05) is 13.8 Å². The second-order valence-electron chi connectivity index (χ2n) is 5.42. The van der Waals surface area contributed by atoms with E-state index < -0.39 is 10.5 Å². The maximum Gasteiger partial charge on any atom is 0.269 e. The molecule has 0 bridgehead atoms. The zero-order valence-corrected chi connectivity index (χ0v) is 11.6. The van der Waals surface area contributed by atoms with Crippen molar-refractivity contribution in [1.29, 1.82) is 0 Å². The van der Waals surface area contributed by atoms with Crippen LogP contribution in [0.25, 0.3) is 0 Å². The summed E-state index contributed by atoms with van der Waals surface area (Å²) in [6, 6.07) is 6.20. The van der Waals surface area contributed by atoms with Gasteiger partial charge in [-0.05, 0) is 44.4 Å². The molecule has 20 heavy (non-hydrogen) atoms. The topological polar surface area (TPSA) is 81.5 Å². The number of nitro benzene ring substituents is 1. The molecule has 1 aromatic rings. The summed E-state index contributed by atoms with van der Waals surface area (Å²) in [5.74, 6) is -0.133. The van der Waals surface area contributed by atoms with Crippen LogP contribution >= 0.6 is 0 Å². The summed E-state index contributed by atoms with van der Waals surface area (Å²) in [6.07, 6.45) is 1.26. The Morgan fingerprint density at radius 1 is 1.40 bits per heavy atom. The van der Waals surface area contributed by atoms with Crippen LogP contribution in [-0.2, 0) is 15.1 Å². The van der Waals surface area contributed by atoms with Gasteiger partial charge in [-0.25, -0.2) is 0 Å². The van der Waals surface area contributed by atoms with E-state index in [1.165, 1.54) is 12.1 Å².